The Morgan fingerprint density at radius 3 is 2.75 bits per heavy atom. The summed E-state index contributed by atoms with van der Waals surface area (Å²) in [4.78, 5) is 1.04. The summed E-state index contributed by atoms with van der Waals surface area (Å²) in [7, 11) is 0. The van der Waals surface area contributed by atoms with Crippen LogP contribution in [0.4, 0.5) is 0 Å². The number of rotatable bonds is 1. The summed E-state index contributed by atoms with van der Waals surface area (Å²) in [5.74, 6) is 0. The number of hydrogen-bond donors (Lipinski definition) is 1. The minimum Gasteiger partial charge on any atom is -0.388 e. The summed E-state index contributed by atoms with van der Waals surface area (Å²) in [6.07, 6.45) is -0.345. The summed E-state index contributed by atoms with van der Waals surface area (Å²) in [6.45, 7) is 1.80. The molecule has 1 heterocycles. The van der Waals surface area contributed by atoms with Crippen molar-refractivity contribution in [3.05, 3.63) is 35.2 Å². The molecule has 0 aliphatic heterocycles. The molecule has 1 unspecified atom stereocenters. The van der Waals surface area contributed by atoms with E-state index in [0.29, 0.717) is 0 Å². The van der Waals surface area contributed by atoms with Gasteiger partial charge in [-0.25, -0.2) is 0 Å². The number of thiophene rings is 1. The van der Waals surface area contributed by atoms with Crippen LogP contribution in [-0.2, 0) is 0 Å². The Balaban J connectivity index is 2.62. The van der Waals surface area contributed by atoms with Crippen LogP contribution < -0.4 is 0 Å². The average molecular weight is 178 g/mol. The highest BCUT2D eigenvalue weighted by molar-refractivity contribution is 7.19. The Bertz CT molecular complexity index is 356. The van der Waals surface area contributed by atoms with E-state index in [2.05, 4.69) is 12.1 Å². The molecule has 0 saturated carbocycles. The van der Waals surface area contributed by atoms with Crippen molar-refractivity contribution in [1.29, 1.82) is 0 Å². The van der Waals surface area contributed by atoms with Gasteiger partial charge in [-0.15, -0.1) is 11.3 Å². The molecule has 0 spiro atoms. The van der Waals surface area contributed by atoms with Crippen molar-refractivity contribution in [3.63, 3.8) is 0 Å². The average Bonchev–Trinajstić information content (AvgIpc) is 2.46. The summed E-state index contributed by atoms with van der Waals surface area (Å²) in [6, 6.07) is 10.2. The fourth-order valence-electron chi connectivity index (χ4n) is 1.21. The zero-order valence-corrected chi connectivity index (χ0v) is 7.64. The van der Waals surface area contributed by atoms with Crippen LogP contribution >= 0.6 is 11.3 Å². The van der Waals surface area contributed by atoms with Gasteiger partial charge in [0.2, 0.25) is 0 Å². The lowest BCUT2D eigenvalue weighted by Gasteiger charge is -1.95. The highest BCUT2D eigenvalue weighted by atomic mass is 32.1. The van der Waals surface area contributed by atoms with Crippen molar-refractivity contribution in [3.8, 4) is 0 Å². The lowest BCUT2D eigenvalue weighted by atomic mass is 10.2. The molecule has 1 N–H and O–H groups in total. The quantitative estimate of drug-likeness (QED) is 0.711. The maximum absolute atomic E-state index is 9.34. The van der Waals surface area contributed by atoms with E-state index in [0.717, 1.165) is 4.88 Å². The van der Waals surface area contributed by atoms with Crippen LogP contribution in [0.1, 0.15) is 17.9 Å². The lowest BCUT2D eigenvalue weighted by Crippen LogP contribution is -1.83. The molecular weight excluding hydrogens is 168 g/mol. The molecule has 0 aliphatic carbocycles. The molecule has 1 atom stereocenters. The molecule has 0 amide bonds. The number of benzene rings is 1. The van der Waals surface area contributed by atoms with Crippen molar-refractivity contribution in [2.75, 3.05) is 0 Å². The number of fused-ring (bicyclic) bond motifs is 1. The van der Waals surface area contributed by atoms with Crippen molar-refractivity contribution in [2.24, 2.45) is 0 Å². The summed E-state index contributed by atoms with van der Waals surface area (Å²) in [5, 5.41) is 10.6. The minimum absolute atomic E-state index is 0.345. The van der Waals surface area contributed by atoms with Gasteiger partial charge in [0.15, 0.2) is 0 Å². The number of hydrogen-bond acceptors (Lipinski definition) is 2. The molecule has 1 aromatic heterocycles. The first kappa shape index (κ1) is 7.77. The van der Waals surface area contributed by atoms with Gasteiger partial charge in [0.25, 0.3) is 0 Å². The second kappa shape index (κ2) is 2.88. The van der Waals surface area contributed by atoms with E-state index >= 15 is 0 Å². The van der Waals surface area contributed by atoms with Gasteiger partial charge >= 0.3 is 0 Å². The second-order valence-corrected chi connectivity index (χ2v) is 3.98. The Morgan fingerprint density at radius 2 is 2.08 bits per heavy atom. The van der Waals surface area contributed by atoms with E-state index in [1.807, 2.05) is 18.2 Å². The maximum Gasteiger partial charge on any atom is 0.0854 e. The standard InChI is InChI=1S/C10H10OS/c1-7(11)10-6-8-4-2-3-5-9(8)12-10/h2-7,11H,1H3. The van der Waals surface area contributed by atoms with Crippen LogP contribution in [0.5, 0.6) is 0 Å². The SMILES string of the molecule is CC(O)c1cc2ccccc2s1. The third kappa shape index (κ3) is 1.24. The van der Waals surface area contributed by atoms with Gasteiger partial charge in [-0.1, -0.05) is 18.2 Å². The van der Waals surface area contributed by atoms with Gasteiger partial charge in [-0.05, 0) is 24.4 Å². The van der Waals surface area contributed by atoms with Crippen LogP contribution in [0.15, 0.2) is 30.3 Å². The predicted octanol–water partition coefficient (Wildman–Crippen LogP) is 2.95. The largest absolute Gasteiger partial charge is 0.388 e. The van der Waals surface area contributed by atoms with Gasteiger partial charge < -0.3 is 5.11 Å². The summed E-state index contributed by atoms with van der Waals surface area (Å²) in [5.41, 5.74) is 0. The van der Waals surface area contributed by atoms with E-state index in [-0.39, 0.29) is 6.10 Å². The van der Waals surface area contributed by atoms with E-state index in [1.165, 1.54) is 10.1 Å². The number of aliphatic hydroxyl groups excluding tert-OH is 1. The van der Waals surface area contributed by atoms with E-state index in [1.54, 1.807) is 18.3 Å². The fraction of sp³-hybridized carbons (Fsp3) is 0.200. The normalized spacial score (nSPS) is 13.5. The van der Waals surface area contributed by atoms with Crippen LogP contribution in [0.3, 0.4) is 0 Å². The van der Waals surface area contributed by atoms with E-state index < -0.39 is 0 Å². The third-order valence-corrected chi connectivity index (χ3v) is 3.14. The van der Waals surface area contributed by atoms with E-state index in [9.17, 15) is 5.11 Å². The molecule has 1 aromatic carbocycles. The van der Waals surface area contributed by atoms with Crippen molar-refractivity contribution in [1.82, 2.24) is 0 Å². The lowest BCUT2D eigenvalue weighted by molar-refractivity contribution is 0.203. The Labute approximate surface area is 75.3 Å². The van der Waals surface area contributed by atoms with Crippen LogP contribution in [-0.4, -0.2) is 5.11 Å². The highest BCUT2D eigenvalue weighted by Crippen LogP contribution is 2.29. The molecule has 12 heavy (non-hydrogen) atoms. The van der Waals surface area contributed by atoms with Gasteiger partial charge in [0.1, 0.15) is 0 Å². The molecule has 1 nitrogen and oxygen atoms in total. The van der Waals surface area contributed by atoms with Gasteiger partial charge in [0.05, 0.1) is 6.10 Å². The zero-order valence-electron chi connectivity index (χ0n) is 6.82. The predicted molar refractivity (Wildman–Crippen MR) is 52.5 cm³/mol. The van der Waals surface area contributed by atoms with Crippen LogP contribution in [0.25, 0.3) is 10.1 Å². The minimum atomic E-state index is -0.345. The van der Waals surface area contributed by atoms with Crippen LogP contribution in [0, 0.1) is 0 Å². The molecule has 0 bridgehead atoms. The smallest absolute Gasteiger partial charge is 0.0854 e. The van der Waals surface area contributed by atoms with Gasteiger partial charge in [-0.2, -0.15) is 0 Å². The summed E-state index contributed by atoms with van der Waals surface area (Å²) < 4.78 is 1.24. The van der Waals surface area contributed by atoms with Crippen molar-refractivity contribution < 1.29 is 5.11 Å². The molecule has 0 radical (unpaired) electrons. The maximum atomic E-state index is 9.34. The van der Waals surface area contributed by atoms with Crippen LogP contribution in [0.2, 0.25) is 0 Å². The fourth-order valence-corrected chi connectivity index (χ4v) is 2.21. The first-order chi connectivity index (χ1) is 5.77. The Morgan fingerprint density at radius 1 is 1.33 bits per heavy atom. The van der Waals surface area contributed by atoms with Gasteiger partial charge in [-0.3, -0.25) is 0 Å². The molecule has 0 saturated heterocycles. The Kier molecular flexibility index (Phi) is 1.87. The molecule has 0 fully saturated rings. The van der Waals surface area contributed by atoms with E-state index in [4.69, 9.17) is 0 Å². The molecule has 2 heteroatoms. The molecule has 0 aliphatic rings. The second-order valence-electron chi connectivity index (χ2n) is 2.86. The van der Waals surface area contributed by atoms with Crippen molar-refractivity contribution >= 4 is 21.4 Å². The Hall–Kier alpha value is -0.860. The van der Waals surface area contributed by atoms with Gasteiger partial charge in [0, 0.05) is 9.58 Å². The monoisotopic (exact) mass is 178 g/mol. The molecule has 62 valence electrons. The third-order valence-electron chi connectivity index (χ3n) is 1.86. The highest BCUT2D eigenvalue weighted by Gasteiger charge is 2.04. The zero-order chi connectivity index (χ0) is 8.55. The van der Waals surface area contributed by atoms with Crippen molar-refractivity contribution in [2.45, 2.75) is 13.0 Å². The summed E-state index contributed by atoms with van der Waals surface area (Å²) >= 11 is 1.66. The molecule has 2 aromatic rings. The molecule has 2 rings (SSSR count). The first-order valence-electron chi connectivity index (χ1n) is 3.94. The first-order valence-corrected chi connectivity index (χ1v) is 4.75. The molecular formula is C10H10OS. The topological polar surface area (TPSA) is 20.2 Å². The number of aliphatic hydroxyl groups is 1.